The predicted molar refractivity (Wildman–Crippen MR) is 135 cm³/mol. The summed E-state index contributed by atoms with van der Waals surface area (Å²) in [4.78, 5) is 28.6. The lowest BCUT2D eigenvalue weighted by Gasteiger charge is -2.08. The number of carbonyl (C=O) groups excluding carboxylic acids is 2. The summed E-state index contributed by atoms with van der Waals surface area (Å²) < 4.78 is 10.6. The normalized spacial score (nSPS) is 10.7. The third-order valence-electron chi connectivity index (χ3n) is 4.57. The molecule has 3 rings (SSSR count). The van der Waals surface area contributed by atoms with Crippen LogP contribution in [-0.2, 0) is 15.3 Å². The van der Waals surface area contributed by atoms with Gasteiger partial charge in [0.05, 0.1) is 18.6 Å². The lowest BCUT2D eigenvalue weighted by molar-refractivity contribution is -0.118. The molecule has 0 aliphatic heterocycles. The van der Waals surface area contributed by atoms with E-state index in [1.54, 1.807) is 31.4 Å². The molecule has 1 aromatic heterocycles. The zero-order valence-corrected chi connectivity index (χ0v) is 20.4. The van der Waals surface area contributed by atoms with Crippen molar-refractivity contribution in [3.63, 3.8) is 0 Å². The van der Waals surface area contributed by atoms with Crippen molar-refractivity contribution in [3.8, 4) is 11.5 Å². The highest BCUT2D eigenvalue weighted by Gasteiger charge is 2.09. The first-order chi connectivity index (χ1) is 15.9. The number of thiazole rings is 1. The molecule has 2 N–H and O–H groups in total. The maximum atomic E-state index is 12.2. The van der Waals surface area contributed by atoms with Crippen LogP contribution in [0.25, 0.3) is 0 Å². The van der Waals surface area contributed by atoms with Gasteiger partial charge in [0.2, 0.25) is 5.91 Å². The highest BCUT2D eigenvalue weighted by Crippen LogP contribution is 2.21. The van der Waals surface area contributed by atoms with Crippen molar-refractivity contribution in [3.05, 3.63) is 65.2 Å². The molecule has 0 spiro atoms. The topological polar surface area (TPSA) is 89.6 Å². The summed E-state index contributed by atoms with van der Waals surface area (Å²) >= 11 is 2.80. The van der Waals surface area contributed by atoms with E-state index in [-0.39, 0.29) is 18.4 Å². The largest absolute Gasteiger partial charge is 0.497 e. The molecule has 0 fully saturated rings. The van der Waals surface area contributed by atoms with E-state index in [1.165, 1.54) is 28.7 Å². The van der Waals surface area contributed by atoms with Crippen molar-refractivity contribution in [1.29, 1.82) is 0 Å². The number of nitrogens with zero attached hydrogens (tertiary/aromatic N) is 1. The Bertz CT molecular complexity index is 1050. The van der Waals surface area contributed by atoms with Gasteiger partial charge in [-0.2, -0.15) is 0 Å². The average molecular weight is 486 g/mol. The number of thioether (sulfide) groups is 1. The smallest absolute Gasteiger partial charge is 0.264 e. The summed E-state index contributed by atoms with van der Waals surface area (Å²) in [5.74, 6) is 2.35. The van der Waals surface area contributed by atoms with E-state index in [4.69, 9.17) is 9.47 Å². The van der Waals surface area contributed by atoms with Crippen LogP contribution in [-0.4, -0.2) is 36.3 Å². The average Bonchev–Trinajstić information content (AvgIpc) is 3.25. The molecule has 0 atom stereocenters. The minimum atomic E-state index is -0.268. The molecular weight excluding hydrogens is 458 g/mol. The number of carbonyl (C=O) groups is 2. The van der Waals surface area contributed by atoms with Gasteiger partial charge in [-0.3, -0.25) is 14.9 Å². The lowest BCUT2D eigenvalue weighted by Crippen LogP contribution is -2.20. The Morgan fingerprint density at radius 2 is 1.70 bits per heavy atom. The fourth-order valence-electron chi connectivity index (χ4n) is 2.80. The van der Waals surface area contributed by atoms with Crippen LogP contribution in [0.2, 0.25) is 0 Å². The first-order valence-electron chi connectivity index (χ1n) is 10.4. The van der Waals surface area contributed by atoms with Crippen molar-refractivity contribution >= 4 is 45.7 Å². The van der Waals surface area contributed by atoms with Gasteiger partial charge >= 0.3 is 0 Å². The molecule has 7 nitrogen and oxygen atoms in total. The van der Waals surface area contributed by atoms with Crippen molar-refractivity contribution in [2.24, 2.45) is 0 Å². The number of hydrogen-bond donors (Lipinski definition) is 2. The molecule has 2 amide bonds. The molecule has 33 heavy (non-hydrogen) atoms. The Hall–Kier alpha value is -3.04. The Morgan fingerprint density at radius 3 is 2.36 bits per heavy atom. The van der Waals surface area contributed by atoms with E-state index >= 15 is 0 Å². The number of rotatable bonds is 11. The first kappa shape index (κ1) is 24.6. The molecule has 0 aliphatic carbocycles. The maximum absolute atomic E-state index is 12.2. The number of aromatic nitrogens is 1. The quantitative estimate of drug-likeness (QED) is 0.390. The van der Waals surface area contributed by atoms with E-state index in [1.807, 2.05) is 29.6 Å². The Labute approximate surface area is 201 Å². The summed E-state index contributed by atoms with van der Waals surface area (Å²) in [7, 11) is 1.60. The van der Waals surface area contributed by atoms with Gasteiger partial charge in [0.1, 0.15) is 11.5 Å². The minimum Gasteiger partial charge on any atom is -0.497 e. The van der Waals surface area contributed by atoms with Crippen LogP contribution in [0.15, 0.2) is 53.9 Å². The minimum absolute atomic E-state index is 0.0871. The summed E-state index contributed by atoms with van der Waals surface area (Å²) in [5, 5.41) is 7.97. The van der Waals surface area contributed by atoms with Crippen LogP contribution in [0.5, 0.6) is 11.5 Å². The lowest BCUT2D eigenvalue weighted by atomic mass is 10.0. The number of anilines is 2. The SMILES string of the molecule is COc1ccc(NC(=O)CSCc2csc(NC(=O)COc3ccc(C(C)C)cc3)n2)cc1. The number of methoxy groups -OCH3 is 1. The van der Waals surface area contributed by atoms with Gasteiger partial charge in [0.25, 0.3) is 5.91 Å². The Morgan fingerprint density at radius 1 is 1.00 bits per heavy atom. The highest BCUT2D eigenvalue weighted by molar-refractivity contribution is 7.99. The van der Waals surface area contributed by atoms with Crippen LogP contribution in [0.3, 0.4) is 0 Å². The van der Waals surface area contributed by atoms with E-state index in [0.29, 0.717) is 28.3 Å². The van der Waals surface area contributed by atoms with Crippen molar-refractivity contribution in [2.75, 3.05) is 30.1 Å². The zero-order valence-electron chi connectivity index (χ0n) is 18.8. The molecule has 1 heterocycles. The van der Waals surface area contributed by atoms with Gasteiger partial charge in [0.15, 0.2) is 11.7 Å². The van der Waals surface area contributed by atoms with Gasteiger partial charge in [-0.05, 0) is 47.9 Å². The molecule has 0 saturated carbocycles. The predicted octanol–water partition coefficient (Wildman–Crippen LogP) is 5.16. The number of benzene rings is 2. The van der Waals surface area contributed by atoms with Crippen molar-refractivity contribution < 1.29 is 19.1 Å². The van der Waals surface area contributed by atoms with Crippen LogP contribution < -0.4 is 20.1 Å². The molecule has 9 heteroatoms. The Balaban J connectivity index is 1.36. The molecule has 3 aromatic rings. The highest BCUT2D eigenvalue weighted by atomic mass is 32.2. The molecule has 0 aliphatic rings. The van der Waals surface area contributed by atoms with Gasteiger partial charge in [-0.15, -0.1) is 23.1 Å². The van der Waals surface area contributed by atoms with Crippen molar-refractivity contribution in [2.45, 2.75) is 25.5 Å². The van der Waals surface area contributed by atoms with E-state index in [2.05, 4.69) is 29.5 Å². The standard InChI is InChI=1S/C24H27N3O4S2/c1-16(2)17-4-8-21(9-5-17)31-12-22(28)27-24-26-19(14-33-24)13-32-15-23(29)25-18-6-10-20(30-3)11-7-18/h4-11,14,16H,12-13,15H2,1-3H3,(H,25,29)(H,26,27,28). The van der Waals surface area contributed by atoms with Crippen LogP contribution in [0.4, 0.5) is 10.8 Å². The molecule has 0 bridgehead atoms. The van der Waals surface area contributed by atoms with E-state index < -0.39 is 0 Å². The molecule has 0 radical (unpaired) electrons. The number of hydrogen-bond acceptors (Lipinski definition) is 7. The number of nitrogens with one attached hydrogen (secondary N) is 2. The van der Waals surface area contributed by atoms with Gasteiger partial charge in [-0.1, -0.05) is 26.0 Å². The first-order valence-corrected chi connectivity index (χ1v) is 12.4. The molecular formula is C24H27N3O4S2. The fourth-order valence-corrected chi connectivity index (χ4v) is 4.35. The molecule has 0 saturated heterocycles. The molecule has 174 valence electrons. The maximum Gasteiger partial charge on any atom is 0.264 e. The van der Waals surface area contributed by atoms with Gasteiger partial charge in [0, 0.05) is 16.8 Å². The third kappa shape index (κ3) is 8.11. The van der Waals surface area contributed by atoms with Crippen molar-refractivity contribution in [1.82, 2.24) is 4.98 Å². The van der Waals surface area contributed by atoms with Gasteiger partial charge in [-0.25, -0.2) is 4.98 Å². The van der Waals surface area contributed by atoms with Crippen LogP contribution in [0, 0.1) is 0 Å². The second-order valence-corrected chi connectivity index (χ2v) is 9.32. The molecule has 0 unspecified atom stereocenters. The monoisotopic (exact) mass is 485 g/mol. The summed E-state index contributed by atoms with van der Waals surface area (Å²) in [6, 6.07) is 14.9. The zero-order chi connectivity index (χ0) is 23.6. The van der Waals surface area contributed by atoms with E-state index in [9.17, 15) is 9.59 Å². The summed E-state index contributed by atoms with van der Waals surface area (Å²) in [5.41, 5.74) is 2.75. The third-order valence-corrected chi connectivity index (χ3v) is 6.34. The van der Waals surface area contributed by atoms with Gasteiger partial charge < -0.3 is 14.8 Å². The number of ether oxygens (including phenoxy) is 2. The van der Waals surface area contributed by atoms with Crippen LogP contribution >= 0.6 is 23.1 Å². The molecule has 2 aromatic carbocycles. The Kier molecular flexibility index (Phi) is 9.14. The fraction of sp³-hybridized carbons (Fsp3) is 0.292. The van der Waals surface area contributed by atoms with E-state index in [0.717, 1.165) is 17.1 Å². The summed E-state index contributed by atoms with van der Waals surface area (Å²) in [6.07, 6.45) is 0. The van der Waals surface area contributed by atoms with Crippen LogP contribution in [0.1, 0.15) is 31.0 Å². The second-order valence-electron chi connectivity index (χ2n) is 7.47. The number of amides is 2. The second kappa shape index (κ2) is 12.3. The summed E-state index contributed by atoms with van der Waals surface area (Å²) in [6.45, 7) is 4.17.